The molecule has 3 aliphatic carbocycles. The fourth-order valence-corrected chi connectivity index (χ4v) is 5.88. The zero-order valence-electron chi connectivity index (χ0n) is 17.7. The standard InChI is InChI=1S/C22H24N2O8/c1-21(31)8-5-4-6-11(25)12(8)16(26)13-9(21)7-10-15(24(2)3)17(27)14(20(23)30)19(29)22(10,32)18(13)28/h4-6,9-10,13-15,25,31-32H,7H2,1-3H3,(H2,23,30)/t9?,10?,13?,14?,15-,21?,22?/m1/s1. The van der Waals surface area contributed by atoms with Crippen LogP contribution in [0.15, 0.2) is 18.2 Å². The minimum absolute atomic E-state index is 0.117. The van der Waals surface area contributed by atoms with Gasteiger partial charge in [-0.3, -0.25) is 28.9 Å². The summed E-state index contributed by atoms with van der Waals surface area (Å²) in [6, 6.07) is 2.91. The SMILES string of the molecule is CN(C)[C@H]1C(=O)C(C(N)=O)C(=O)C2(O)C(=O)C3C(=O)c4c(O)cccc4C(C)(O)C3CC12. The highest BCUT2D eigenvalue weighted by Crippen LogP contribution is 2.55. The second kappa shape index (κ2) is 6.77. The lowest BCUT2D eigenvalue weighted by Crippen LogP contribution is -2.75. The van der Waals surface area contributed by atoms with Gasteiger partial charge in [0.05, 0.1) is 23.1 Å². The number of ketones is 4. The van der Waals surface area contributed by atoms with E-state index in [1.54, 1.807) is 0 Å². The first-order valence-electron chi connectivity index (χ1n) is 10.2. The number of rotatable bonds is 2. The van der Waals surface area contributed by atoms with Gasteiger partial charge in [-0.1, -0.05) is 12.1 Å². The van der Waals surface area contributed by atoms with E-state index in [-0.39, 0.29) is 17.5 Å². The quantitative estimate of drug-likeness (QED) is 0.397. The van der Waals surface area contributed by atoms with E-state index in [9.17, 15) is 39.3 Å². The Balaban J connectivity index is 1.95. The van der Waals surface area contributed by atoms with Gasteiger partial charge in [-0.15, -0.1) is 0 Å². The first-order chi connectivity index (χ1) is 14.8. The van der Waals surface area contributed by atoms with E-state index in [1.807, 2.05) is 0 Å². The number of likely N-dealkylation sites (N-methyl/N-ethyl adjacent to an activating group) is 1. The molecule has 0 bridgehead atoms. The van der Waals surface area contributed by atoms with Crippen LogP contribution >= 0.6 is 0 Å². The summed E-state index contributed by atoms with van der Waals surface area (Å²) >= 11 is 0. The van der Waals surface area contributed by atoms with Crippen LogP contribution in [0.5, 0.6) is 5.75 Å². The summed E-state index contributed by atoms with van der Waals surface area (Å²) in [5, 5.41) is 33.1. The number of nitrogens with two attached hydrogens (primary N) is 1. The molecule has 3 aliphatic rings. The molecular formula is C22H24N2O8. The molecule has 0 aliphatic heterocycles. The van der Waals surface area contributed by atoms with Gasteiger partial charge in [0, 0.05) is 11.8 Å². The Labute approximate surface area is 183 Å². The molecule has 6 unspecified atom stereocenters. The van der Waals surface area contributed by atoms with Gasteiger partial charge in [0.15, 0.2) is 34.7 Å². The van der Waals surface area contributed by atoms with Crippen LogP contribution in [-0.2, 0) is 24.8 Å². The van der Waals surface area contributed by atoms with Gasteiger partial charge in [0.2, 0.25) is 5.91 Å². The highest BCUT2D eigenvalue weighted by molar-refractivity contribution is 6.32. The number of hydrogen-bond donors (Lipinski definition) is 4. The Morgan fingerprint density at radius 2 is 1.72 bits per heavy atom. The third-order valence-electron chi connectivity index (χ3n) is 7.38. The van der Waals surface area contributed by atoms with E-state index in [0.29, 0.717) is 0 Å². The number of carbonyl (C=O) groups excluding carboxylic acids is 5. The number of phenols is 1. The van der Waals surface area contributed by atoms with Crippen LogP contribution in [0.1, 0.15) is 29.3 Å². The van der Waals surface area contributed by atoms with Crippen molar-refractivity contribution in [1.82, 2.24) is 4.90 Å². The number of aromatic hydroxyl groups is 1. The Morgan fingerprint density at radius 3 is 2.28 bits per heavy atom. The Bertz CT molecular complexity index is 1090. The summed E-state index contributed by atoms with van der Waals surface area (Å²) in [5.74, 6) is -12.0. The van der Waals surface area contributed by atoms with E-state index in [4.69, 9.17) is 5.73 Å². The van der Waals surface area contributed by atoms with E-state index >= 15 is 0 Å². The number of benzene rings is 1. The average molecular weight is 444 g/mol. The molecule has 7 atom stereocenters. The molecule has 5 N–H and O–H groups in total. The maximum Gasteiger partial charge on any atom is 0.235 e. The molecule has 1 aromatic carbocycles. The van der Waals surface area contributed by atoms with E-state index in [1.165, 1.54) is 44.1 Å². The molecule has 2 fully saturated rings. The molecule has 2 saturated carbocycles. The number of amides is 1. The average Bonchev–Trinajstić information content (AvgIpc) is 2.68. The fraction of sp³-hybridized carbons (Fsp3) is 0.500. The Kier molecular flexibility index (Phi) is 4.71. The molecular weight excluding hydrogens is 420 g/mol. The zero-order valence-corrected chi connectivity index (χ0v) is 17.7. The van der Waals surface area contributed by atoms with Crippen LogP contribution in [0.4, 0.5) is 0 Å². The number of hydrogen-bond acceptors (Lipinski definition) is 9. The van der Waals surface area contributed by atoms with Crippen molar-refractivity contribution in [1.29, 1.82) is 0 Å². The first kappa shape index (κ1) is 22.3. The second-order valence-corrected chi connectivity index (χ2v) is 9.28. The molecule has 0 aromatic heterocycles. The Morgan fingerprint density at radius 1 is 1.09 bits per heavy atom. The third-order valence-corrected chi connectivity index (χ3v) is 7.38. The molecule has 0 saturated heterocycles. The summed E-state index contributed by atoms with van der Waals surface area (Å²) in [5.41, 5.74) is 0.511. The van der Waals surface area contributed by atoms with E-state index in [0.717, 1.165) is 0 Å². The molecule has 10 heteroatoms. The van der Waals surface area contributed by atoms with Gasteiger partial charge in [0.25, 0.3) is 0 Å². The van der Waals surface area contributed by atoms with Gasteiger partial charge >= 0.3 is 0 Å². The van der Waals surface area contributed by atoms with Gasteiger partial charge in [-0.2, -0.15) is 0 Å². The lowest BCUT2D eigenvalue weighted by molar-refractivity contribution is -0.188. The zero-order chi connectivity index (χ0) is 23.9. The molecule has 0 spiro atoms. The van der Waals surface area contributed by atoms with Crippen LogP contribution in [-0.4, -0.2) is 75.0 Å². The number of primary amides is 1. The minimum Gasteiger partial charge on any atom is -0.507 e. The molecule has 0 radical (unpaired) electrons. The van der Waals surface area contributed by atoms with Crippen molar-refractivity contribution in [2.45, 2.75) is 30.6 Å². The van der Waals surface area contributed by atoms with Crippen LogP contribution in [0.2, 0.25) is 0 Å². The highest BCUT2D eigenvalue weighted by Gasteiger charge is 2.71. The topological polar surface area (TPSA) is 175 Å². The minimum atomic E-state index is -2.82. The predicted molar refractivity (Wildman–Crippen MR) is 107 cm³/mol. The van der Waals surface area contributed by atoms with Crippen LogP contribution in [0.3, 0.4) is 0 Å². The molecule has 32 heavy (non-hydrogen) atoms. The smallest absolute Gasteiger partial charge is 0.235 e. The molecule has 4 rings (SSSR count). The highest BCUT2D eigenvalue weighted by atomic mass is 16.3. The number of aliphatic hydroxyl groups is 2. The number of Topliss-reactive ketones (excluding diaryl/α,β-unsaturated/α-hetero) is 4. The van der Waals surface area contributed by atoms with Crippen molar-refractivity contribution in [2.24, 2.45) is 29.4 Å². The van der Waals surface area contributed by atoms with Gasteiger partial charge in [-0.05, 0) is 39.1 Å². The lowest BCUT2D eigenvalue weighted by Gasteiger charge is -2.55. The van der Waals surface area contributed by atoms with Gasteiger partial charge < -0.3 is 21.1 Å². The number of nitrogens with zero attached hydrogens (tertiary/aromatic N) is 1. The predicted octanol–water partition coefficient (Wildman–Crippen LogP) is -1.47. The summed E-state index contributed by atoms with van der Waals surface area (Å²) in [4.78, 5) is 66.4. The lowest BCUT2D eigenvalue weighted by atomic mass is 9.49. The number of carbonyl (C=O) groups is 5. The van der Waals surface area contributed by atoms with Crippen molar-refractivity contribution in [3.63, 3.8) is 0 Å². The Hall–Kier alpha value is -2.95. The van der Waals surface area contributed by atoms with Crippen LogP contribution in [0.25, 0.3) is 0 Å². The molecule has 10 nitrogen and oxygen atoms in total. The molecule has 1 amide bonds. The summed E-state index contributed by atoms with van der Waals surface area (Å²) in [6.45, 7) is 1.39. The summed E-state index contributed by atoms with van der Waals surface area (Å²) < 4.78 is 0. The van der Waals surface area contributed by atoms with Crippen molar-refractivity contribution in [3.8, 4) is 5.75 Å². The van der Waals surface area contributed by atoms with Crippen molar-refractivity contribution < 1.29 is 39.3 Å². The maximum atomic E-state index is 13.6. The van der Waals surface area contributed by atoms with Crippen molar-refractivity contribution in [2.75, 3.05) is 14.1 Å². The van der Waals surface area contributed by atoms with E-state index < -0.39 is 75.7 Å². The van der Waals surface area contributed by atoms with Gasteiger partial charge in [0.1, 0.15) is 5.75 Å². The molecule has 1 aromatic rings. The van der Waals surface area contributed by atoms with Crippen molar-refractivity contribution >= 4 is 29.0 Å². The fourth-order valence-electron chi connectivity index (χ4n) is 5.88. The second-order valence-electron chi connectivity index (χ2n) is 9.28. The maximum absolute atomic E-state index is 13.6. The van der Waals surface area contributed by atoms with E-state index in [2.05, 4.69) is 0 Å². The normalized spacial score (nSPS) is 38.9. The van der Waals surface area contributed by atoms with Crippen LogP contribution < -0.4 is 5.73 Å². The summed E-state index contributed by atoms with van der Waals surface area (Å²) in [6.07, 6.45) is -0.230. The first-order valence-corrected chi connectivity index (χ1v) is 10.2. The van der Waals surface area contributed by atoms with Crippen molar-refractivity contribution in [3.05, 3.63) is 29.3 Å². The molecule has 0 heterocycles. The summed E-state index contributed by atoms with van der Waals surface area (Å²) in [7, 11) is 2.98. The van der Waals surface area contributed by atoms with Gasteiger partial charge in [-0.25, -0.2) is 0 Å². The van der Waals surface area contributed by atoms with Crippen LogP contribution in [0, 0.1) is 23.7 Å². The number of phenolic OH excluding ortho intramolecular Hbond substituents is 1. The monoisotopic (exact) mass is 444 g/mol. The molecule has 170 valence electrons. The largest absolute Gasteiger partial charge is 0.507 e. The number of fused-ring (bicyclic) bond motifs is 3. The third kappa shape index (κ3) is 2.54.